The highest BCUT2D eigenvalue weighted by Crippen LogP contribution is 2.44. The van der Waals surface area contributed by atoms with Crippen molar-refractivity contribution in [2.75, 3.05) is 47.5 Å². The van der Waals surface area contributed by atoms with Gasteiger partial charge in [0, 0.05) is 42.7 Å². The Hall–Kier alpha value is -2.93. The van der Waals surface area contributed by atoms with Gasteiger partial charge in [0.25, 0.3) is 5.91 Å². The monoisotopic (exact) mass is 486 g/mol. The minimum atomic E-state index is -0.357. The van der Waals surface area contributed by atoms with Crippen LogP contribution in [0.5, 0.6) is 17.2 Å². The molecule has 2 fully saturated rings. The molecule has 2 saturated heterocycles. The van der Waals surface area contributed by atoms with Crippen LogP contribution in [0.25, 0.3) is 0 Å². The normalized spacial score (nSPS) is 20.2. The van der Waals surface area contributed by atoms with E-state index in [0.717, 1.165) is 37.9 Å². The van der Waals surface area contributed by atoms with Crippen LogP contribution in [0.15, 0.2) is 36.4 Å². The first-order valence-electron chi connectivity index (χ1n) is 11.6. The van der Waals surface area contributed by atoms with E-state index in [4.69, 9.17) is 25.8 Å². The molecule has 4 rings (SSSR count). The van der Waals surface area contributed by atoms with E-state index in [9.17, 15) is 9.59 Å². The molecular weight excluding hydrogens is 456 g/mol. The maximum Gasteiger partial charge on any atom is 0.253 e. The Balaban J connectivity index is 1.70. The average Bonchev–Trinajstić information content (AvgIpc) is 3.32. The minimum Gasteiger partial charge on any atom is -0.493 e. The maximum atomic E-state index is 13.7. The van der Waals surface area contributed by atoms with Crippen LogP contribution in [-0.4, -0.2) is 69.1 Å². The molecule has 34 heavy (non-hydrogen) atoms. The first-order valence-corrected chi connectivity index (χ1v) is 12.0. The van der Waals surface area contributed by atoms with Crippen LogP contribution in [0.4, 0.5) is 0 Å². The van der Waals surface area contributed by atoms with E-state index >= 15 is 0 Å². The Morgan fingerprint density at radius 1 is 0.882 bits per heavy atom. The van der Waals surface area contributed by atoms with E-state index in [1.807, 2.05) is 17.0 Å². The van der Waals surface area contributed by atoms with E-state index in [2.05, 4.69) is 0 Å². The molecule has 2 aromatic carbocycles. The number of carbonyl (C=O) groups is 2. The Bertz CT molecular complexity index is 1030. The summed E-state index contributed by atoms with van der Waals surface area (Å²) >= 11 is 6.12. The predicted molar refractivity (Wildman–Crippen MR) is 130 cm³/mol. The quantitative estimate of drug-likeness (QED) is 0.611. The molecule has 2 aliphatic heterocycles. The van der Waals surface area contributed by atoms with E-state index in [-0.39, 0.29) is 23.7 Å². The van der Waals surface area contributed by atoms with Gasteiger partial charge in [0.05, 0.1) is 27.2 Å². The molecule has 8 heteroatoms. The number of likely N-dealkylation sites (tertiary alicyclic amines) is 2. The molecule has 0 bridgehead atoms. The van der Waals surface area contributed by atoms with Gasteiger partial charge >= 0.3 is 0 Å². The van der Waals surface area contributed by atoms with Gasteiger partial charge in [0.2, 0.25) is 11.7 Å². The van der Waals surface area contributed by atoms with Gasteiger partial charge in [-0.05, 0) is 55.2 Å². The lowest BCUT2D eigenvalue weighted by Crippen LogP contribution is -2.42. The molecule has 0 saturated carbocycles. The predicted octanol–water partition coefficient (Wildman–Crippen LogP) is 4.23. The summed E-state index contributed by atoms with van der Waals surface area (Å²) in [7, 11) is 4.70. The van der Waals surface area contributed by atoms with Crippen molar-refractivity contribution in [2.24, 2.45) is 5.92 Å². The number of benzene rings is 2. The lowest BCUT2D eigenvalue weighted by molar-refractivity contribution is -0.136. The Morgan fingerprint density at radius 2 is 1.56 bits per heavy atom. The zero-order valence-electron chi connectivity index (χ0n) is 19.9. The van der Waals surface area contributed by atoms with Gasteiger partial charge in [-0.1, -0.05) is 17.7 Å². The molecule has 0 unspecified atom stereocenters. The number of hydrogen-bond donors (Lipinski definition) is 0. The summed E-state index contributed by atoms with van der Waals surface area (Å²) in [6.07, 6.45) is 3.17. The van der Waals surface area contributed by atoms with Crippen LogP contribution in [0.2, 0.25) is 5.02 Å². The molecule has 2 aliphatic rings. The molecule has 182 valence electrons. The largest absolute Gasteiger partial charge is 0.493 e. The molecule has 2 aromatic rings. The average molecular weight is 487 g/mol. The molecule has 2 amide bonds. The number of ether oxygens (including phenoxy) is 3. The van der Waals surface area contributed by atoms with Gasteiger partial charge in [0.1, 0.15) is 0 Å². The third kappa shape index (κ3) is 4.80. The number of halogens is 1. The zero-order valence-corrected chi connectivity index (χ0v) is 20.6. The van der Waals surface area contributed by atoms with Crippen LogP contribution >= 0.6 is 11.6 Å². The van der Waals surface area contributed by atoms with E-state index < -0.39 is 0 Å². The number of methoxy groups -OCH3 is 3. The first kappa shape index (κ1) is 24.2. The standard InChI is InChI=1S/C26H31ClN2O5/c1-32-22-13-18(14-23(33-2)24(22)34-3)20-15-29(25(30)17-8-7-9-19(27)12-17)16-21(20)26(31)28-10-5-4-6-11-28/h7-9,12-14,20-21H,4-6,10-11,15-16H2,1-3H3/t20-,21-/m1/s1. The summed E-state index contributed by atoms with van der Waals surface area (Å²) in [6, 6.07) is 10.7. The van der Waals surface area contributed by atoms with Gasteiger partial charge in [-0.15, -0.1) is 0 Å². The van der Waals surface area contributed by atoms with Crippen LogP contribution in [0.1, 0.15) is 41.1 Å². The second-order valence-electron chi connectivity index (χ2n) is 8.78. The van der Waals surface area contributed by atoms with E-state index in [1.165, 1.54) is 0 Å². The summed E-state index contributed by atoms with van der Waals surface area (Å²) < 4.78 is 16.6. The number of carbonyl (C=O) groups excluding carboxylic acids is 2. The van der Waals surface area contributed by atoms with Crippen molar-refractivity contribution in [1.82, 2.24) is 9.80 Å². The summed E-state index contributed by atoms with van der Waals surface area (Å²) in [5, 5.41) is 0.507. The Labute approximate surface area is 205 Å². The number of nitrogens with zero attached hydrogens (tertiary/aromatic N) is 2. The van der Waals surface area contributed by atoms with E-state index in [1.54, 1.807) is 50.5 Å². The van der Waals surface area contributed by atoms with Crippen LogP contribution in [-0.2, 0) is 4.79 Å². The number of piperidine rings is 1. The van der Waals surface area contributed by atoms with Crippen LogP contribution in [0.3, 0.4) is 0 Å². The fourth-order valence-corrected chi connectivity index (χ4v) is 5.22. The fourth-order valence-electron chi connectivity index (χ4n) is 5.03. The van der Waals surface area contributed by atoms with Gasteiger partial charge in [0.15, 0.2) is 11.5 Å². The van der Waals surface area contributed by atoms with Gasteiger partial charge < -0.3 is 24.0 Å². The van der Waals surface area contributed by atoms with Crippen molar-refractivity contribution in [2.45, 2.75) is 25.2 Å². The van der Waals surface area contributed by atoms with Crippen molar-refractivity contribution in [3.63, 3.8) is 0 Å². The van der Waals surface area contributed by atoms with Crippen LogP contribution < -0.4 is 14.2 Å². The Morgan fingerprint density at radius 3 is 2.15 bits per heavy atom. The highest BCUT2D eigenvalue weighted by molar-refractivity contribution is 6.30. The first-order chi connectivity index (χ1) is 16.5. The van der Waals surface area contributed by atoms with Crippen molar-refractivity contribution in [3.8, 4) is 17.2 Å². The summed E-state index contributed by atoms with van der Waals surface area (Å²) in [5.74, 6) is 0.961. The summed E-state index contributed by atoms with van der Waals surface area (Å²) in [5.41, 5.74) is 1.40. The van der Waals surface area contributed by atoms with Crippen molar-refractivity contribution in [3.05, 3.63) is 52.5 Å². The molecule has 0 spiro atoms. The van der Waals surface area contributed by atoms with E-state index in [0.29, 0.717) is 40.9 Å². The molecule has 0 N–H and O–H groups in total. The number of hydrogen-bond acceptors (Lipinski definition) is 5. The molecule has 0 aromatic heterocycles. The van der Waals surface area contributed by atoms with Gasteiger partial charge in [-0.25, -0.2) is 0 Å². The van der Waals surface area contributed by atoms with Gasteiger partial charge in [-0.3, -0.25) is 9.59 Å². The Kier molecular flexibility index (Phi) is 7.51. The van der Waals surface area contributed by atoms with Gasteiger partial charge in [-0.2, -0.15) is 0 Å². The SMILES string of the molecule is COc1cc([C@H]2CN(C(=O)c3cccc(Cl)c3)C[C@H]2C(=O)N2CCCCC2)cc(OC)c1OC. The third-order valence-electron chi connectivity index (χ3n) is 6.78. The highest BCUT2D eigenvalue weighted by atomic mass is 35.5. The van der Waals surface area contributed by atoms with Crippen molar-refractivity contribution < 1.29 is 23.8 Å². The molecule has 7 nitrogen and oxygen atoms in total. The zero-order chi connectivity index (χ0) is 24.2. The summed E-state index contributed by atoms with van der Waals surface area (Å²) in [4.78, 5) is 30.7. The number of rotatable bonds is 6. The summed E-state index contributed by atoms with van der Waals surface area (Å²) in [6.45, 7) is 2.29. The number of amides is 2. The fraction of sp³-hybridized carbons (Fsp3) is 0.462. The second-order valence-corrected chi connectivity index (χ2v) is 9.21. The smallest absolute Gasteiger partial charge is 0.253 e. The maximum absolute atomic E-state index is 13.7. The molecule has 0 aliphatic carbocycles. The highest BCUT2D eigenvalue weighted by Gasteiger charge is 2.43. The van der Waals surface area contributed by atoms with Crippen molar-refractivity contribution >= 4 is 23.4 Å². The lowest BCUT2D eigenvalue weighted by Gasteiger charge is -2.31. The molecular formula is C26H31ClN2O5. The topological polar surface area (TPSA) is 68.3 Å². The lowest BCUT2D eigenvalue weighted by atomic mass is 9.87. The molecule has 2 atom stereocenters. The molecule has 0 radical (unpaired) electrons. The second kappa shape index (κ2) is 10.6. The van der Waals surface area contributed by atoms with Crippen molar-refractivity contribution in [1.29, 1.82) is 0 Å². The molecule has 2 heterocycles. The third-order valence-corrected chi connectivity index (χ3v) is 7.01. The minimum absolute atomic E-state index is 0.0971. The van der Waals surface area contributed by atoms with Crippen LogP contribution in [0, 0.1) is 5.92 Å².